The van der Waals surface area contributed by atoms with Crippen molar-refractivity contribution in [2.24, 2.45) is 0 Å². The van der Waals surface area contributed by atoms with Gasteiger partial charge in [-0.1, -0.05) is 0 Å². The highest BCUT2D eigenvalue weighted by atomic mass is 35.6. The zero-order chi connectivity index (χ0) is 10.1. The van der Waals surface area contributed by atoms with E-state index in [4.69, 9.17) is 11.1 Å². The molecule has 0 aliphatic heterocycles. The van der Waals surface area contributed by atoms with Crippen LogP contribution in [0.4, 0.5) is 0 Å². The molecule has 0 aromatic carbocycles. The highest BCUT2D eigenvalue weighted by molar-refractivity contribution is 7.21. The summed E-state index contributed by atoms with van der Waals surface area (Å²) in [6, 6.07) is 0. The van der Waals surface area contributed by atoms with Crippen molar-refractivity contribution in [3.63, 3.8) is 0 Å². The highest BCUT2D eigenvalue weighted by Crippen LogP contribution is 2.33. The molecular formula is C10H17ClNSi. The minimum absolute atomic E-state index is 0.0833. The van der Waals surface area contributed by atoms with Gasteiger partial charge in [0.05, 0.1) is 0 Å². The van der Waals surface area contributed by atoms with E-state index in [0.717, 1.165) is 0 Å². The fraction of sp³-hybridized carbons (Fsp3) is 0.500. The van der Waals surface area contributed by atoms with E-state index < -0.39 is 7.55 Å². The van der Waals surface area contributed by atoms with Crippen LogP contribution in [-0.2, 0) is 0 Å². The quantitative estimate of drug-likeness (QED) is 0.551. The van der Waals surface area contributed by atoms with Crippen LogP contribution < -0.4 is 4.98 Å². The first-order chi connectivity index (χ1) is 5.81. The van der Waals surface area contributed by atoms with Gasteiger partial charge in [-0.2, -0.15) is 0 Å². The van der Waals surface area contributed by atoms with E-state index in [9.17, 15) is 0 Å². The van der Waals surface area contributed by atoms with Crippen LogP contribution in [0.3, 0.4) is 0 Å². The van der Waals surface area contributed by atoms with E-state index in [1.807, 2.05) is 12.8 Å². The van der Waals surface area contributed by atoms with Crippen LogP contribution in [0.25, 0.3) is 0 Å². The van der Waals surface area contributed by atoms with E-state index in [0.29, 0.717) is 0 Å². The molecule has 1 nitrogen and oxygen atoms in total. The Kier molecular flexibility index (Phi) is 3.47. The van der Waals surface area contributed by atoms with Crippen molar-refractivity contribution >= 4 is 18.6 Å². The van der Waals surface area contributed by atoms with Gasteiger partial charge in [-0.25, -0.2) is 0 Å². The van der Waals surface area contributed by atoms with Gasteiger partial charge >= 0.3 is 0 Å². The second-order valence-corrected chi connectivity index (χ2v) is 9.65. The lowest BCUT2D eigenvalue weighted by molar-refractivity contribution is 0.516. The summed E-state index contributed by atoms with van der Waals surface area (Å²) in [5.41, 5.74) is 1.34. The molecule has 13 heavy (non-hydrogen) atoms. The fourth-order valence-electron chi connectivity index (χ4n) is 1.46. The van der Waals surface area contributed by atoms with Crippen molar-refractivity contribution in [2.75, 3.05) is 0 Å². The molecule has 0 heterocycles. The lowest BCUT2D eigenvalue weighted by Crippen LogP contribution is -2.56. The molecule has 5 radical (unpaired) electrons. The summed E-state index contributed by atoms with van der Waals surface area (Å²) < 4.78 is 0. The molecule has 0 amide bonds. The summed E-state index contributed by atoms with van der Waals surface area (Å²) in [5.74, 6) is 0. The number of nitrogens with one attached hydrogen (secondary N) is 1. The van der Waals surface area contributed by atoms with E-state index in [2.05, 4.69) is 45.1 Å². The normalized spacial score (nSPS) is 24.7. The smallest absolute Gasteiger partial charge is 0.231 e. The monoisotopic (exact) mass is 214 g/mol. The molecule has 1 unspecified atom stereocenters. The molecule has 0 spiro atoms. The van der Waals surface area contributed by atoms with Crippen molar-refractivity contribution < 1.29 is 0 Å². The largest absolute Gasteiger partial charge is 0.320 e. The number of rotatable bonds is 2. The Morgan fingerprint density at radius 3 is 2.08 bits per heavy atom. The molecule has 0 bridgehead atoms. The Morgan fingerprint density at radius 1 is 1.23 bits per heavy atom. The van der Waals surface area contributed by atoms with Crippen molar-refractivity contribution in [2.45, 2.75) is 32.9 Å². The molecule has 73 valence electrons. The summed E-state index contributed by atoms with van der Waals surface area (Å²) in [6.45, 7) is 8.55. The zero-order valence-electron chi connectivity index (χ0n) is 8.69. The first-order valence-electron chi connectivity index (χ1n) is 4.52. The SMILES string of the molecule is CC(C)(C)N[Si](C)(Cl)[C]1[CH][CH][CH][CH]1. The van der Waals surface area contributed by atoms with Gasteiger partial charge in [-0.15, -0.1) is 11.1 Å². The summed E-state index contributed by atoms with van der Waals surface area (Å²) in [5, 5.41) is 0. The van der Waals surface area contributed by atoms with Gasteiger partial charge < -0.3 is 4.98 Å². The van der Waals surface area contributed by atoms with E-state index in [-0.39, 0.29) is 5.54 Å². The average molecular weight is 215 g/mol. The second-order valence-electron chi connectivity index (χ2n) is 4.55. The lowest BCUT2D eigenvalue weighted by Gasteiger charge is -2.34. The van der Waals surface area contributed by atoms with E-state index in [1.165, 1.54) is 5.54 Å². The second kappa shape index (κ2) is 3.91. The van der Waals surface area contributed by atoms with Crippen LogP contribution in [0, 0.1) is 31.2 Å². The lowest BCUT2D eigenvalue weighted by atomic mass is 10.1. The number of hydrogen-bond acceptors (Lipinski definition) is 1. The standard InChI is InChI=1S/C10H17ClNSi/c1-10(2,3)12-13(4,11)9-7-5-6-8-9/h5-8,12H,1-4H3. The zero-order valence-corrected chi connectivity index (χ0v) is 10.4. The van der Waals surface area contributed by atoms with Crippen LogP contribution in [0.1, 0.15) is 20.8 Å². The molecule has 1 aliphatic carbocycles. The summed E-state index contributed by atoms with van der Waals surface area (Å²) in [4.78, 5) is 3.50. The Hall–Kier alpha value is 0.467. The third kappa shape index (κ3) is 3.60. The van der Waals surface area contributed by atoms with Gasteiger partial charge in [0.2, 0.25) is 7.55 Å². The molecule has 0 saturated heterocycles. The Bertz CT molecular complexity index is 168. The van der Waals surface area contributed by atoms with Crippen LogP contribution in [0.2, 0.25) is 6.55 Å². The minimum atomic E-state index is -1.94. The molecule has 0 aromatic heterocycles. The van der Waals surface area contributed by atoms with Gasteiger partial charge in [-0.3, -0.25) is 0 Å². The first kappa shape index (κ1) is 11.5. The maximum Gasteiger partial charge on any atom is 0.231 e. The average Bonchev–Trinajstić information content (AvgIpc) is 2.29. The molecule has 1 saturated carbocycles. The molecule has 1 aliphatic rings. The molecule has 1 rings (SSSR count). The van der Waals surface area contributed by atoms with Crippen LogP contribution >= 0.6 is 11.1 Å². The molecular weight excluding hydrogens is 198 g/mol. The van der Waals surface area contributed by atoms with Crippen molar-refractivity contribution in [3.8, 4) is 0 Å². The highest BCUT2D eigenvalue weighted by Gasteiger charge is 2.40. The van der Waals surface area contributed by atoms with Crippen LogP contribution in [0.15, 0.2) is 0 Å². The summed E-state index contributed by atoms with van der Waals surface area (Å²) >= 11 is 6.52. The Balaban J connectivity index is 2.53. The predicted octanol–water partition coefficient (Wildman–Crippen LogP) is 2.63. The van der Waals surface area contributed by atoms with Crippen LogP contribution in [0.5, 0.6) is 0 Å². The van der Waals surface area contributed by atoms with Gasteiger partial charge in [0.25, 0.3) is 0 Å². The summed E-state index contributed by atoms with van der Waals surface area (Å²) in [7, 11) is -1.94. The Labute approximate surface area is 88.0 Å². The molecule has 1 fully saturated rings. The minimum Gasteiger partial charge on any atom is -0.320 e. The molecule has 3 heteroatoms. The van der Waals surface area contributed by atoms with Gasteiger partial charge in [-0.05, 0) is 53.0 Å². The molecule has 1 N–H and O–H groups in total. The number of hydrogen-bond donors (Lipinski definition) is 1. The molecule has 1 atom stereocenters. The maximum absolute atomic E-state index is 6.52. The first-order valence-corrected chi connectivity index (χ1v) is 8.03. The molecule has 0 aromatic rings. The fourth-order valence-corrected chi connectivity index (χ4v) is 5.06. The van der Waals surface area contributed by atoms with Gasteiger partial charge in [0.15, 0.2) is 0 Å². The third-order valence-corrected chi connectivity index (χ3v) is 5.39. The third-order valence-electron chi connectivity index (χ3n) is 1.81. The van der Waals surface area contributed by atoms with Gasteiger partial charge in [0, 0.05) is 11.1 Å². The van der Waals surface area contributed by atoms with Crippen molar-refractivity contribution in [1.82, 2.24) is 4.98 Å². The number of halogens is 1. The summed E-state index contributed by atoms with van der Waals surface area (Å²) in [6.07, 6.45) is 8.26. The Morgan fingerprint density at radius 2 is 1.69 bits per heavy atom. The van der Waals surface area contributed by atoms with E-state index >= 15 is 0 Å². The topological polar surface area (TPSA) is 12.0 Å². The maximum atomic E-state index is 6.52. The predicted molar refractivity (Wildman–Crippen MR) is 60.8 cm³/mol. The van der Waals surface area contributed by atoms with E-state index in [1.54, 1.807) is 0 Å². The van der Waals surface area contributed by atoms with Crippen molar-refractivity contribution in [3.05, 3.63) is 31.2 Å². The van der Waals surface area contributed by atoms with Crippen LogP contribution in [-0.4, -0.2) is 13.1 Å². The van der Waals surface area contributed by atoms with Gasteiger partial charge in [0.1, 0.15) is 0 Å². The van der Waals surface area contributed by atoms with Crippen molar-refractivity contribution in [1.29, 1.82) is 0 Å².